The van der Waals surface area contributed by atoms with E-state index in [4.69, 9.17) is 21.1 Å². The van der Waals surface area contributed by atoms with Crippen LogP contribution in [-0.2, 0) is 9.47 Å². The molecule has 2 aliphatic rings. The lowest BCUT2D eigenvalue weighted by atomic mass is 9.98. The van der Waals surface area contributed by atoms with Crippen molar-refractivity contribution >= 4 is 23.3 Å². The number of nitrogens with zero attached hydrogens (tertiary/aromatic N) is 1. The highest BCUT2D eigenvalue weighted by Crippen LogP contribution is 2.26. The zero-order valence-electron chi connectivity index (χ0n) is 12.7. The van der Waals surface area contributed by atoms with Crippen molar-refractivity contribution in [2.75, 3.05) is 31.6 Å². The highest BCUT2D eigenvalue weighted by Gasteiger charge is 2.32. The number of carbonyl (C=O) groups excluding carboxylic acids is 1. The molecule has 5 nitrogen and oxygen atoms in total. The number of likely N-dealkylation sites (tertiary alicyclic amines) is 1. The number of rotatable bonds is 2. The number of halogens is 1. The normalized spacial score (nSPS) is 22.8. The molecule has 22 heavy (non-hydrogen) atoms. The fourth-order valence-corrected chi connectivity index (χ4v) is 3.12. The molecular formula is C16H21ClN2O3. The molecule has 2 saturated heterocycles. The first-order valence-electron chi connectivity index (χ1n) is 7.69. The molecule has 2 aliphatic heterocycles. The van der Waals surface area contributed by atoms with Gasteiger partial charge in [-0.2, -0.15) is 0 Å². The smallest absolute Gasteiger partial charge is 0.321 e. The monoisotopic (exact) mass is 324 g/mol. The highest BCUT2D eigenvalue weighted by molar-refractivity contribution is 6.31. The lowest BCUT2D eigenvalue weighted by molar-refractivity contribution is -0.0959. The molecule has 0 aromatic heterocycles. The van der Waals surface area contributed by atoms with Crippen LogP contribution in [0.3, 0.4) is 0 Å². The van der Waals surface area contributed by atoms with Crippen LogP contribution >= 0.6 is 11.6 Å². The number of piperidine rings is 1. The minimum Gasteiger partial charge on any atom is -0.350 e. The van der Waals surface area contributed by atoms with Gasteiger partial charge in [0.1, 0.15) is 0 Å². The van der Waals surface area contributed by atoms with Crippen LogP contribution in [0, 0.1) is 12.8 Å². The van der Waals surface area contributed by atoms with Gasteiger partial charge >= 0.3 is 6.03 Å². The standard InChI is InChI=1S/C16H21ClN2O3/c1-11-4-5-13(9-14(11)17)18-16(20)19-6-2-3-12(10-19)15-21-7-8-22-15/h4-5,9,12,15H,2-3,6-8,10H2,1H3,(H,18,20). The van der Waals surface area contributed by atoms with Crippen molar-refractivity contribution in [1.29, 1.82) is 0 Å². The Morgan fingerprint density at radius 2 is 2.14 bits per heavy atom. The van der Waals surface area contributed by atoms with E-state index in [-0.39, 0.29) is 18.2 Å². The van der Waals surface area contributed by atoms with E-state index < -0.39 is 0 Å². The average molecular weight is 325 g/mol. The van der Waals surface area contributed by atoms with Crippen molar-refractivity contribution in [2.24, 2.45) is 5.92 Å². The Bertz CT molecular complexity index is 546. The molecule has 0 saturated carbocycles. The van der Waals surface area contributed by atoms with Gasteiger partial charge in [0.25, 0.3) is 0 Å². The summed E-state index contributed by atoms with van der Waals surface area (Å²) in [6, 6.07) is 5.45. The summed E-state index contributed by atoms with van der Waals surface area (Å²) < 4.78 is 11.1. The molecule has 1 unspecified atom stereocenters. The zero-order valence-corrected chi connectivity index (χ0v) is 13.4. The molecule has 3 rings (SSSR count). The van der Waals surface area contributed by atoms with Gasteiger partial charge in [0.05, 0.1) is 13.2 Å². The Morgan fingerprint density at radius 1 is 1.36 bits per heavy atom. The summed E-state index contributed by atoms with van der Waals surface area (Å²) in [6.07, 6.45) is 1.84. The predicted molar refractivity (Wildman–Crippen MR) is 85.2 cm³/mol. The largest absolute Gasteiger partial charge is 0.350 e. The minimum absolute atomic E-state index is 0.0948. The maximum absolute atomic E-state index is 12.4. The first-order valence-corrected chi connectivity index (χ1v) is 8.06. The maximum Gasteiger partial charge on any atom is 0.321 e. The van der Waals surface area contributed by atoms with Gasteiger partial charge in [-0.3, -0.25) is 0 Å². The Labute approximate surface area is 135 Å². The molecule has 1 aromatic rings. The van der Waals surface area contributed by atoms with Crippen molar-refractivity contribution in [2.45, 2.75) is 26.1 Å². The highest BCUT2D eigenvalue weighted by atomic mass is 35.5. The van der Waals surface area contributed by atoms with Crippen LogP contribution in [-0.4, -0.2) is 43.5 Å². The Kier molecular flexibility index (Phi) is 4.86. The number of aryl methyl sites for hydroxylation is 1. The maximum atomic E-state index is 12.4. The van der Waals surface area contributed by atoms with Crippen LogP contribution in [0.2, 0.25) is 5.02 Å². The van der Waals surface area contributed by atoms with E-state index in [1.807, 2.05) is 24.0 Å². The van der Waals surface area contributed by atoms with Crippen LogP contribution in [0.5, 0.6) is 0 Å². The number of nitrogens with one attached hydrogen (secondary N) is 1. The van der Waals surface area contributed by atoms with Gasteiger partial charge in [0.2, 0.25) is 0 Å². The summed E-state index contributed by atoms with van der Waals surface area (Å²) in [6.45, 7) is 4.65. The number of hydrogen-bond donors (Lipinski definition) is 1. The van der Waals surface area contributed by atoms with Crippen molar-refractivity contribution < 1.29 is 14.3 Å². The topological polar surface area (TPSA) is 50.8 Å². The van der Waals surface area contributed by atoms with Gasteiger partial charge in [0.15, 0.2) is 6.29 Å². The molecule has 120 valence electrons. The van der Waals surface area contributed by atoms with Crippen LogP contribution in [0.15, 0.2) is 18.2 Å². The first-order chi connectivity index (χ1) is 10.6. The van der Waals surface area contributed by atoms with Gasteiger partial charge in [-0.15, -0.1) is 0 Å². The molecule has 6 heteroatoms. The van der Waals surface area contributed by atoms with E-state index in [0.29, 0.717) is 24.8 Å². The lowest BCUT2D eigenvalue weighted by Crippen LogP contribution is -2.45. The lowest BCUT2D eigenvalue weighted by Gasteiger charge is -2.34. The second kappa shape index (κ2) is 6.86. The summed E-state index contributed by atoms with van der Waals surface area (Å²) in [5, 5.41) is 3.57. The molecule has 2 heterocycles. The summed E-state index contributed by atoms with van der Waals surface area (Å²) in [7, 11) is 0. The van der Waals surface area contributed by atoms with Gasteiger partial charge in [0, 0.05) is 29.7 Å². The average Bonchev–Trinajstić information content (AvgIpc) is 3.05. The molecule has 2 fully saturated rings. The van der Waals surface area contributed by atoms with Gasteiger partial charge in [-0.25, -0.2) is 4.79 Å². The Hall–Kier alpha value is -1.30. The third kappa shape index (κ3) is 3.54. The molecule has 0 aliphatic carbocycles. The van der Waals surface area contributed by atoms with Crippen LogP contribution in [0.4, 0.5) is 10.5 Å². The third-order valence-corrected chi connectivity index (χ3v) is 4.61. The molecule has 1 N–H and O–H groups in total. The van der Waals surface area contributed by atoms with Gasteiger partial charge in [-0.1, -0.05) is 17.7 Å². The van der Waals surface area contributed by atoms with Crippen molar-refractivity contribution in [1.82, 2.24) is 4.90 Å². The Morgan fingerprint density at radius 3 is 2.86 bits per heavy atom. The molecular weight excluding hydrogens is 304 g/mol. The number of anilines is 1. The first kappa shape index (κ1) is 15.6. The van der Waals surface area contributed by atoms with E-state index in [1.54, 1.807) is 6.07 Å². The summed E-state index contributed by atoms with van der Waals surface area (Å²) >= 11 is 6.09. The number of benzene rings is 1. The number of urea groups is 1. The molecule has 0 bridgehead atoms. The van der Waals surface area contributed by atoms with E-state index in [9.17, 15) is 4.79 Å². The summed E-state index contributed by atoms with van der Waals surface area (Å²) in [5.74, 6) is 0.253. The molecule has 0 spiro atoms. The number of hydrogen-bond acceptors (Lipinski definition) is 3. The molecule has 1 atom stereocenters. The fourth-order valence-electron chi connectivity index (χ4n) is 2.94. The van der Waals surface area contributed by atoms with E-state index in [0.717, 1.165) is 30.6 Å². The number of ether oxygens (including phenoxy) is 2. The van der Waals surface area contributed by atoms with Crippen LogP contribution in [0.25, 0.3) is 0 Å². The third-order valence-electron chi connectivity index (χ3n) is 4.20. The van der Waals surface area contributed by atoms with Crippen LogP contribution in [0.1, 0.15) is 18.4 Å². The van der Waals surface area contributed by atoms with Gasteiger partial charge < -0.3 is 19.7 Å². The second-order valence-electron chi connectivity index (χ2n) is 5.85. The summed E-state index contributed by atoms with van der Waals surface area (Å²) in [4.78, 5) is 14.2. The summed E-state index contributed by atoms with van der Waals surface area (Å²) in [5.41, 5.74) is 1.71. The number of amides is 2. The molecule has 1 aromatic carbocycles. The van der Waals surface area contributed by atoms with Crippen molar-refractivity contribution in [3.63, 3.8) is 0 Å². The quantitative estimate of drug-likeness (QED) is 0.908. The van der Waals surface area contributed by atoms with Crippen molar-refractivity contribution in [3.05, 3.63) is 28.8 Å². The molecule has 2 amide bonds. The minimum atomic E-state index is -0.163. The fraction of sp³-hybridized carbons (Fsp3) is 0.562. The second-order valence-corrected chi connectivity index (χ2v) is 6.26. The molecule has 0 radical (unpaired) electrons. The van der Waals surface area contributed by atoms with E-state index in [2.05, 4.69) is 5.32 Å². The van der Waals surface area contributed by atoms with E-state index >= 15 is 0 Å². The predicted octanol–water partition coefficient (Wildman–Crippen LogP) is 3.27. The van der Waals surface area contributed by atoms with E-state index in [1.165, 1.54) is 0 Å². The zero-order chi connectivity index (χ0) is 15.5. The Balaban J connectivity index is 1.60. The van der Waals surface area contributed by atoms with Crippen molar-refractivity contribution in [3.8, 4) is 0 Å². The SMILES string of the molecule is Cc1ccc(NC(=O)N2CCCC(C3OCCO3)C2)cc1Cl. The number of carbonyl (C=O) groups is 1. The van der Waals surface area contributed by atoms with Gasteiger partial charge in [-0.05, 0) is 37.5 Å². The van der Waals surface area contributed by atoms with Crippen LogP contribution < -0.4 is 5.32 Å².